The van der Waals surface area contributed by atoms with Gasteiger partial charge in [-0.2, -0.15) is 0 Å². The van der Waals surface area contributed by atoms with Gasteiger partial charge in [-0.1, -0.05) is 25.1 Å². The Balaban J connectivity index is 2.00. The van der Waals surface area contributed by atoms with Crippen LogP contribution in [0.3, 0.4) is 0 Å². The minimum absolute atomic E-state index is 0.0229. The van der Waals surface area contributed by atoms with E-state index in [1.165, 1.54) is 0 Å². The zero-order valence-corrected chi connectivity index (χ0v) is 13.6. The van der Waals surface area contributed by atoms with Gasteiger partial charge in [-0.15, -0.1) is 11.6 Å². The Kier molecular flexibility index (Phi) is 5.51. The van der Waals surface area contributed by atoms with E-state index in [0.717, 1.165) is 42.9 Å². The van der Waals surface area contributed by atoms with Crippen LogP contribution < -0.4 is 10.1 Å². The van der Waals surface area contributed by atoms with Crippen LogP contribution in [0.2, 0.25) is 0 Å². The molecule has 1 N–H and O–H groups in total. The maximum absolute atomic E-state index is 12.4. The first-order chi connectivity index (χ1) is 10.1. The molecule has 0 atom stereocenters. The second-order valence-electron chi connectivity index (χ2n) is 6.13. The molecule has 21 heavy (non-hydrogen) atoms. The van der Waals surface area contributed by atoms with E-state index < -0.39 is 0 Å². The van der Waals surface area contributed by atoms with Crippen LogP contribution in [-0.2, 0) is 11.2 Å². The van der Waals surface area contributed by atoms with Crippen molar-refractivity contribution in [3.63, 3.8) is 0 Å². The average Bonchev–Trinajstić information content (AvgIpc) is 2.50. The first-order valence-corrected chi connectivity index (χ1v) is 8.11. The molecule has 0 aromatic heterocycles. The molecule has 3 nitrogen and oxygen atoms in total. The standard InChI is InChI=1S/C17H24ClNO2/c1-13-7-9-17(12-18,10-8-13)19-16(20)11-14-5-3-4-6-15(14)21-2/h3-6,13H,7-12H2,1-2H3,(H,19,20). The molecule has 1 aromatic carbocycles. The van der Waals surface area contributed by atoms with Gasteiger partial charge < -0.3 is 10.1 Å². The van der Waals surface area contributed by atoms with Gasteiger partial charge in [0.2, 0.25) is 5.91 Å². The summed E-state index contributed by atoms with van der Waals surface area (Å²) in [4.78, 5) is 12.4. The summed E-state index contributed by atoms with van der Waals surface area (Å²) in [6.07, 6.45) is 4.52. The van der Waals surface area contributed by atoms with Crippen LogP contribution >= 0.6 is 11.6 Å². The molecule has 1 fully saturated rings. The number of benzene rings is 1. The predicted octanol–water partition coefficient (Wildman–Crippen LogP) is 3.54. The number of carbonyl (C=O) groups excluding carboxylic acids is 1. The van der Waals surface area contributed by atoms with E-state index >= 15 is 0 Å². The fraction of sp³-hybridized carbons (Fsp3) is 0.588. The van der Waals surface area contributed by atoms with Crippen molar-refractivity contribution in [1.82, 2.24) is 5.32 Å². The topological polar surface area (TPSA) is 38.3 Å². The molecule has 1 aliphatic carbocycles. The predicted molar refractivity (Wildman–Crippen MR) is 85.9 cm³/mol. The fourth-order valence-corrected chi connectivity index (χ4v) is 3.30. The van der Waals surface area contributed by atoms with Crippen molar-refractivity contribution < 1.29 is 9.53 Å². The van der Waals surface area contributed by atoms with Crippen LogP contribution in [0.15, 0.2) is 24.3 Å². The Hall–Kier alpha value is -1.22. The molecule has 1 aromatic rings. The third-order valence-corrected chi connectivity index (χ3v) is 4.95. The average molecular weight is 310 g/mol. The monoisotopic (exact) mass is 309 g/mol. The van der Waals surface area contributed by atoms with Crippen molar-refractivity contribution in [2.75, 3.05) is 13.0 Å². The summed E-state index contributed by atoms with van der Waals surface area (Å²) in [6.45, 7) is 2.26. The van der Waals surface area contributed by atoms with Crippen LogP contribution in [0.5, 0.6) is 5.75 Å². The number of hydrogen-bond donors (Lipinski definition) is 1. The first-order valence-electron chi connectivity index (χ1n) is 7.57. The summed E-state index contributed by atoms with van der Waals surface area (Å²) < 4.78 is 5.30. The summed E-state index contributed by atoms with van der Waals surface area (Å²) in [6, 6.07) is 7.63. The van der Waals surface area contributed by atoms with Crippen molar-refractivity contribution in [3.05, 3.63) is 29.8 Å². The molecule has 1 saturated carbocycles. The Morgan fingerprint density at radius 1 is 1.38 bits per heavy atom. The summed E-state index contributed by atoms with van der Waals surface area (Å²) in [5.74, 6) is 1.99. The third kappa shape index (κ3) is 4.13. The molecule has 0 heterocycles. The number of ether oxygens (including phenoxy) is 1. The van der Waals surface area contributed by atoms with Crippen LogP contribution in [0.1, 0.15) is 38.2 Å². The highest BCUT2D eigenvalue weighted by atomic mass is 35.5. The van der Waals surface area contributed by atoms with E-state index in [2.05, 4.69) is 12.2 Å². The van der Waals surface area contributed by atoms with Gasteiger partial charge in [0.25, 0.3) is 0 Å². The lowest BCUT2D eigenvalue weighted by Gasteiger charge is -2.38. The summed E-state index contributed by atoms with van der Waals surface area (Å²) in [7, 11) is 1.62. The number of alkyl halides is 1. The molecule has 4 heteroatoms. The molecule has 0 aliphatic heterocycles. The third-order valence-electron chi connectivity index (χ3n) is 4.44. The largest absolute Gasteiger partial charge is 0.496 e. The molecule has 2 rings (SSSR count). The van der Waals surface area contributed by atoms with E-state index in [9.17, 15) is 4.79 Å². The van der Waals surface area contributed by atoms with Crippen LogP contribution in [0.4, 0.5) is 0 Å². The molecule has 0 bridgehead atoms. The van der Waals surface area contributed by atoms with Gasteiger partial charge in [-0.05, 0) is 37.7 Å². The maximum Gasteiger partial charge on any atom is 0.225 e. The zero-order chi connectivity index (χ0) is 15.3. The molecule has 0 unspecified atom stereocenters. The van der Waals surface area contributed by atoms with Crippen LogP contribution in [0, 0.1) is 5.92 Å². The summed E-state index contributed by atoms with van der Waals surface area (Å²) >= 11 is 6.15. The van der Waals surface area contributed by atoms with Crippen molar-refractivity contribution in [3.8, 4) is 5.75 Å². The molecular weight excluding hydrogens is 286 g/mol. The highest BCUT2D eigenvalue weighted by Gasteiger charge is 2.34. The van der Waals surface area contributed by atoms with Crippen molar-refractivity contribution in [1.29, 1.82) is 0 Å². The van der Waals surface area contributed by atoms with E-state index in [1.54, 1.807) is 7.11 Å². The molecule has 0 spiro atoms. The Morgan fingerprint density at radius 2 is 2.05 bits per heavy atom. The molecule has 116 valence electrons. The molecule has 1 aliphatic rings. The number of halogens is 1. The number of amides is 1. The molecule has 0 saturated heterocycles. The van der Waals surface area contributed by atoms with Crippen molar-refractivity contribution in [2.45, 2.75) is 44.6 Å². The Morgan fingerprint density at radius 3 is 2.67 bits per heavy atom. The van der Waals surface area contributed by atoms with Gasteiger partial charge in [0.1, 0.15) is 5.75 Å². The molecule has 1 amide bonds. The lowest BCUT2D eigenvalue weighted by molar-refractivity contribution is -0.122. The number of rotatable bonds is 5. The van der Waals surface area contributed by atoms with Crippen LogP contribution in [0.25, 0.3) is 0 Å². The highest BCUT2D eigenvalue weighted by molar-refractivity contribution is 6.18. The normalized spacial score (nSPS) is 25.4. The zero-order valence-electron chi connectivity index (χ0n) is 12.8. The quantitative estimate of drug-likeness (QED) is 0.845. The smallest absolute Gasteiger partial charge is 0.225 e. The van der Waals surface area contributed by atoms with Gasteiger partial charge >= 0.3 is 0 Å². The summed E-state index contributed by atoms with van der Waals surface area (Å²) in [5, 5.41) is 3.18. The minimum Gasteiger partial charge on any atom is -0.496 e. The van der Waals surface area contributed by atoms with E-state index in [0.29, 0.717) is 12.3 Å². The van der Waals surface area contributed by atoms with Crippen molar-refractivity contribution >= 4 is 17.5 Å². The molecule has 0 radical (unpaired) electrons. The number of para-hydroxylation sites is 1. The van der Waals surface area contributed by atoms with Crippen molar-refractivity contribution in [2.24, 2.45) is 5.92 Å². The van der Waals surface area contributed by atoms with Crippen LogP contribution in [-0.4, -0.2) is 24.4 Å². The SMILES string of the molecule is COc1ccccc1CC(=O)NC1(CCl)CCC(C)CC1. The minimum atomic E-state index is -0.229. The maximum atomic E-state index is 12.4. The number of hydrogen-bond acceptors (Lipinski definition) is 2. The Labute approximate surface area is 132 Å². The first kappa shape index (κ1) is 16.2. The number of nitrogens with one attached hydrogen (secondary N) is 1. The van der Waals surface area contributed by atoms with E-state index in [4.69, 9.17) is 16.3 Å². The fourth-order valence-electron chi connectivity index (χ4n) is 2.97. The van der Waals surface area contributed by atoms with Gasteiger partial charge in [-0.25, -0.2) is 0 Å². The van der Waals surface area contributed by atoms with Gasteiger partial charge in [0.05, 0.1) is 19.1 Å². The summed E-state index contributed by atoms with van der Waals surface area (Å²) in [5.41, 5.74) is 0.680. The van der Waals surface area contributed by atoms with E-state index in [1.807, 2.05) is 24.3 Å². The molecular formula is C17H24ClNO2. The second-order valence-corrected chi connectivity index (χ2v) is 6.40. The highest BCUT2D eigenvalue weighted by Crippen LogP contribution is 2.33. The second kappa shape index (κ2) is 7.17. The van der Waals surface area contributed by atoms with E-state index in [-0.39, 0.29) is 11.4 Å². The lowest BCUT2D eigenvalue weighted by Crippen LogP contribution is -2.52. The van der Waals surface area contributed by atoms with Gasteiger partial charge in [0.15, 0.2) is 0 Å². The number of carbonyl (C=O) groups is 1. The Bertz CT molecular complexity index is 481. The van der Waals surface area contributed by atoms with Gasteiger partial charge in [-0.3, -0.25) is 4.79 Å². The van der Waals surface area contributed by atoms with Gasteiger partial charge in [0, 0.05) is 11.4 Å². The number of methoxy groups -OCH3 is 1. The lowest BCUT2D eigenvalue weighted by atomic mass is 9.78.